The number of aliphatic hydroxyl groups excluding tert-OH is 1. The number of imidazole rings is 1. The summed E-state index contributed by atoms with van der Waals surface area (Å²) in [7, 11) is 0. The lowest BCUT2D eigenvalue weighted by atomic mass is 10.1. The van der Waals surface area contributed by atoms with Gasteiger partial charge in [-0.3, -0.25) is 0 Å². The SMILES string of the molecule is Cc1nccn1-c1ccc(C(C)NCCO)cc1. The second kappa shape index (κ2) is 5.80. The molecule has 2 rings (SSSR count). The van der Waals surface area contributed by atoms with Crippen molar-refractivity contribution in [3.05, 3.63) is 48.0 Å². The lowest BCUT2D eigenvalue weighted by molar-refractivity contribution is 0.286. The van der Waals surface area contributed by atoms with Gasteiger partial charge in [0.1, 0.15) is 5.82 Å². The van der Waals surface area contributed by atoms with E-state index in [1.807, 2.05) is 13.1 Å². The zero-order valence-electron chi connectivity index (χ0n) is 10.8. The van der Waals surface area contributed by atoms with Gasteiger partial charge in [-0.25, -0.2) is 4.98 Å². The van der Waals surface area contributed by atoms with E-state index in [0.717, 1.165) is 11.5 Å². The molecule has 1 aromatic carbocycles. The van der Waals surface area contributed by atoms with E-state index in [-0.39, 0.29) is 12.6 Å². The quantitative estimate of drug-likeness (QED) is 0.845. The van der Waals surface area contributed by atoms with E-state index < -0.39 is 0 Å². The first kappa shape index (κ1) is 12.8. The maximum absolute atomic E-state index is 8.79. The fraction of sp³-hybridized carbons (Fsp3) is 0.357. The smallest absolute Gasteiger partial charge is 0.110 e. The molecular formula is C14H19N3O. The number of aromatic nitrogens is 2. The van der Waals surface area contributed by atoms with Crippen molar-refractivity contribution in [2.45, 2.75) is 19.9 Å². The lowest BCUT2D eigenvalue weighted by Crippen LogP contribution is -2.22. The molecule has 1 aromatic heterocycles. The van der Waals surface area contributed by atoms with Crippen LogP contribution >= 0.6 is 0 Å². The molecule has 0 amide bonds. The predicted molar refractivity (Wildman–Crippen MR) is 71.8 cm³/mol. The van der Waals surface area contributed by atoms with Crippen LogP contribution in [-0.2, 0) is 0 Å². The summed E-state index contributed by atoms with van der Waals surface area (Å²) in [6.07, 6.45) is 3.76. The van der Waals surface area contributed by atoms with Crippen LogP contribution in [0.4, 0.5) is 0 Å². The number of hydrogen-bond acceptors (Lipinski definition) is 3. The van der Waals surface area contributed by atoms with Crippen LogP contribution in [0.3, 0.4) is 0 Å². The molecule has 2 aromatic rings. The van der Waals surface area contributed by atoms with Gasteiger partial charge >= 0.3 is 0 Å². The van der Waals surface area contributed by atoms with Crippen LogP contribution in [0.15, 0.2) is 36.7 Å². The number of nitrogens with one attached hydrogen (secondary N) is 1. The van der Waals surface area contributed by atoms with Gasteiger partial charge in [0.2, 0.25) is 0 Å². The summed E-state index contributed by atoms with van der Waals surface area (Å²) in [5, 5.41) is 12.0. The second-order valence-electron chi connectivity index (χ2n) is 4.34. The Hall–Kier alpha value is -1.65. The molecule has 4 nitrogen and oxygen atoms in total. The predicted octanol–water partition coefficient (Wildman–Crippen LogP) is 1.82. The summed E-state index contributed by atoms with van der Waals surface area (Å²) in [4.78, 5) is 4.21. The average Bonchev–Trinajstić information content (AvgIpc) is 2.82. The Morgan fingerprint density at radius 2 is 2.06 bits per heavy atom. The fourth-order valence-corrected chi connectivity index (χ4v) is 1.97. The second-order valence-corrected chi connectivity index (χ2v) is 4.34. The van der Waals surface area contributed by atoms with E-state index in [1.165, 1.54) is 5.56 Å². The van der Waals surface area contributed by atoms with Gasteiger partial charge in [-0.1, -0.05) is 12.1 Å². The van der Waals surface area contributed by atoms with Crippen molar-refractivity contribution in [2.24, 2.45) is 0 Å². The Morgan fingerprint density at radius 1 is 1.33 bits per heavy atom. The minimum atomic E-state index is 0.163. The minimum Gasteiger partial charge on any atom is -0.395 e. The molecule has 1 unspecified atom stereocenters. The summed E-state index contributed by atoms with van der Waals surface area (Å²) in [6.45, 7) is 4.85. The van der Waals surface area contributed by atoms with Gasteiger partial charge in [0, 0.05) is 30.7 Å². The van der Waals surface area contributed by atoms with Gasteiger partial charge in [0.15, 0.2) is 0 Å². The normalized spacial score (nSPS) is 12.6. The van der Waals surface area contributed by atoms with Crippen LogP contribution in [0.2, 0.25) is 0 Å². The molecule has 0 saturated carbocycles. The molecule has 96 valence electrons. The van der Waals surface area contributed by atoms with Crippen molar-refractivity contribution in [1.29, 1.82) is 0 Å². The van der Waals surface area contributed by atoms with Crippen molar-refractivity contribution in [2.75, 3.05) is 13.2 Å². The van der Waals surface area contributed by atoms with Gasteiger partial charge in [0.05, 0.1) is 6.61 Å². The molecule has 18 heavy (non-hydrogen) atoms. The first-order valence-electron chi connectivity index (χ1n) is 6.17. The minimum absolute atomic E-state index is 0.163. The maximum atomic E-state index is 8.79. The summed E-state index contributed by atoms with van der Waals surface area (Å²) >= 11 is 0. The number of nitrogens with zero attached hydrogens (tertiary/aromatic N) is 2. The van der Waals surface area contributed by atoms with Crippen molar-refractivity contribution < 1.29 is 5.11 Å². The largest absolute Gasteiger partial charge is 0.395 e. The number of rotatable bonds is 5. The number of benzene rings is 1. The van der Waals surface area contributed by atoms with Crippen molar-refractivity contribution in [3.63, 3.8) is 0 Å². The van der Waals surface area contributed by atoms with Crippen molar-refractivity contribution in [3.8, 4) is 5.69 Å². The molecule has 1 heterocycles. The lowest BCUT2D eigenvalue weighted by Gasteiger charge is -2.14. The summed E-state index contributed by atoms with van der Waals surface area (Å²) < 4.78 is 2.05. The third-order valence-corrected chi connectivity index (χ3v) is 3.06. The Morgan fingerprint density at radius 3 is 2.61 bits per heavy atom. The van der Waals surface area contributed by atoms with E-state index in [4.69, 9.17) is 5.11 Å². The van der Waals surface area contributed by atoms with Crippen LogP contribution in [0.25, 0.3) is 5.69 Å². The zero-order valence-corrected chi connectivity index (χ0v) is 10.8. The van der Waals surface area contributed by atoms with Crippen LogP contribution in [-0.4, -0.2) is 27.8 Å². The van der Waals surface area contributed by atoms with E-state index in [1.54, 1.807) is 6.20 Å². The monoisotopic (exact) mass is 245 g/mol. The molecule has 0 aliphatic carbocycles. The Bertz CT molecular complexity index is 490. The molecule has 1 atom stereocenters. The Labute approximate surface area is 107 Å². The third-order valence-electron chi connectivity index (χ3n) is 3.06. The van der Waals surface area contributed by atoms with E-state index in [9.17, 15) is 0 Å². The van der Waals surface area contributed by atoms with Crippen LogP contribution < -0.4 is 5.32 Å². The molecule has 0 spiro atoms. The average molecular weight is 245 g/mol. The van der Waals surface area contributed by atoms with E-state index in [0.29, 0.717) is 6.54 Å². The highest BCUT2D eigenvalue weighted by molar-refractivity contribution is 5.36. The van der Waals surface area contributed by atoms with Crippen LogP contribution in [0, 0.1) is 6.92 Å². The standard InChI is InChI=1S/C14H19N3O/c1-11(15-8-10-18)13-3-5-14(6-4-13)17-9-7-16-12(17)2/h3-7,9,11,15,18H,8,10H2,1-2H3. The molecule has 0 fully saturated rings. The highest BCUT2D eigenvalue weighted by Gasteiger charge is 2.05. The van der Waals surface area contributed by atoms with Crippen molar-refractivity contribution in [1.82, 2.24) is 14.9 Å². The molecular weight excluding hydrogens is 226 g/mol. The first-order valence-corrected chi connectivity index (χ1v) is 6.17. The van der Waals surface area contributed by atoms with Gasteiger partial charge in [0.25, 0.3) is 0 Å². The van der Waals surface area contributed by atoms with Gasteiger partial charge < -0.3 is 15.0 Å². The highest BCUT2D eigenvalue weighted by Crippen LogP contribution is 2.16. The van der Waals surface area contributed by atoms with E-state index in [2.05, 4.69) is 46.1 Å². The Balaban J connectivity index is 2.13. The molecule has 2 N–H and O–H groups in total. The number of aryl methyl sites for hydroxylation is 1. The summed E-state index contributed by atoms with van der Waals surface area (Å²) in [6, 6.07) is 8.62. The van der Waals surface area contributed by atoms with Gasteiger partial charge in [-0.15, -0.1) is 0 Å². The summed E-state index contributed by atoms with van der Waals surface area (Å²) in [5.74, 6) is 0.981. The van der Waals surface area contributed by atoms with Crippen LogP contribution in [0.1, 0.15) is 24.4 Å². The molecule has 0 aliphatic heterocycles. The molecule has 0 aliphatic rings. The molecule has 0 radical (unpaired) electrons. The molecule has 0 saturated heterocycles. The third kappa shape index (κ3) is 2.78. The maximum Gasteiger partial charge on any atom is 0.110 e. The zero-order chi connectivity index (χ0) is 13.0. The highest BCUT2D eigenvalue weighted by atomic mass is 16.3. The van der Waals surface area contributed by atoms with Crippen LogP contribution in [0.5, 0.6) is 0 Å². The van der Waals surface area contributed by atoms with E-state index >= 15 is 0 Å². The number of hydrogen-bond donors (Lipinski definition) is 2. The van der Waals surface area contributed by atoms with Gasteiger partial charge in [-0.05, 0) is 31.5 Å². The summed E-state index contributed by atoms with van der Waals surface area (Å²) in [5.41, 5.74) is 2.33. The van der Waals surface area contributed by atoms with Gasteiger partial charge in [-0.2, -0.15) is 0 Å². The van der Waals surface area contributed by atoms with Crippen molar-refractivity contribution >= 4 is 0 Å². The molecule has 0 bridgehead atoms. The fourth-order valence-electron chi connectivity index (χ4n) is 1.97. The number of aliphatic hydroxyl groups is 1. The molecule has 4 heteroatoms. The topological polar surface area (TPSA) is 50.1 Å². The first-order chi connectivity index (χ1) is 8.72. The Kier molecular flexibility index (Phi) is 4.12.